The van der Waals surface area contributed by atoms with E-state index in [9.17, 15) is 9.90 Å². The number of halogens is 2. The first-order valence-electron chi connectivity index (χ1n) is 12.2. The molecule has 0 fully saturated rings. The number of nitrogens with one attached hydrogen (secondary N) is 3. The number of fused-ring (bicyclic) bond motifs is 1. The van der Waals surface area contributed by atoms with Crippen molar-refractivity contribution in [1.82, 2.24) is 9.97 Å². The van der Waals surface area contributed by atoms with Gasteiger partial charge < -0.3 is 30.5 Å². The first kappa shape index (κ1) is 30.5. The fraction of sp³-hybridized carbons (Fsp3) is 0.207. The lowest BCUT2D eigenvalue weighted by Crippen LogP contribution is -2.08. The molecule has 0 saturated carbocycles. The molecule has 40 heavy (non-hydrogen) atoms. The largest absolute Gasteiger partial charge is 0.495 e. The van der Waals surface area contributed by atoms with Gasteiger partial charge in [-0.3, -0.25) is 4.79 Å². The first-order chi connectivity index (χ1) is 19.3. The third-order valence-electron chi connectivity index (χ3n) is 5.69. The SMILES string of the molecule is C=CC.COc1cc(OC)c(Cl)c(-c2cc3cnc(Nc4c(C)cccc4NC=O)cc3c(NCCO)n2)c1Cl. The zero-order valence-electron chi connectivity index (χ0n) is 22.6. The Morgan fingerprint density at radius 1 is 1.10 bits per heavy atom. The van der Waals surface area contributed by atoms with E-state index < -0.39 is 0 Å². The summed E-state index contributed by atoms with van der Waals surface area (Å²) in [5.74, 6) is 1.81. The summed E-state index contributed by atoms with van der Waals surface area (Å²) >= 11 is 13.3. The van der Waals surface area contributed by atoms with Crippen molar-refractivity contribution in [1.29, 1.82) is 0 Å². The molecule has 0 aliphatic rings. The number of nitrogens with zero attached hydrogens (tertiary/aromatic N) is 2. The third kappa shape index (κ3) is 6.74. The molecule has 2 aromatic carbocycles. The van der Waals surface area contributed by atoms with E-state index in [-0.39, 0.29) is 23.2 Å². The molecule has 0 unspecified atom stereocenters. The molecule has 0 spiro atoms. The number of allylic oxidation sites excluding steroid dienone is 1. The Morgan fingerprint density at radius 2 is 1.77 bits per heavy atom. The average molecular weight is 585 g/mol. The normalized spacial score (nSPS) is 10.3. The Hall–Kier alpha value is -4.05. The van der Waals surface area contributed by atoms with Crippen molar-refractivity contribution < 1.29 is 19.4 Å². The molecule has 210 valence electrons. The molecule has 1 amide bonds. The molecule has 11 heteroatoms. The van der Waals surface area contributed by atoms with Crippen LogP contribution in [-0.4, -0.2) is 48.9 Å². The van der Waals surface area contributed by atoms with Crippen LogP contribution in [-0.2, 0) is 4.79 Å². The number of para-hydroxylation sites is 1. The highest BCUT2D eigenvalue weighted by Crippen LogP contribution is 2.46. The Bertz CT molecular complexity index is 1490. The summed E-state index contributed by atoms with van der Waals surface area (Å²) in [5, 5.41) is 20.7. The van der Waals surface area contributed by atoms with Crippen LogP contribution >= 0.6 is 23.2 Å². The molecule has 0 bridgehead atoms. The number of benzene rings is 2. The predicted molar refractivity (Wildman–Crippen MR) is 164 cm³/mol. The molecule has 0 saturated heterocycles. The molecule has 0 aliphatic heterocycles. The van der Waals surface area contributed by atoms with Crippen LogP contribution in [0.3, 0.4) is 0 Å². The maximum Gasteiger partial charge on any atom is 0.211 e. The molecule has 2 heterocycles. The van der Waals surface area contributed by atoms with E-state index in [1.54, 1.807) is 24.4 Å². The van der Waals surface area contributed by atoms with Gasteiger partial charge in [-0.25, -0.2) is 9.97 Å². The number of carbonyl (C=O) groups is 1. The Labute approximate surface area is 243 Å². The molecule has 4 aromatic rings. The van der Waals surface area contributed by atoms with Crippen LogP contribution in [0, 0.1) is 6.92 Å². The van der Waals surface area contributed by atoms with Gasteiger partial charge in [-0.15, -0.1) is 6.58 Å². The maximum absolute atomic E-state index is 11.1. The lowest BCUT2D eigenvalue weighted by atomic mass is 10.1. The van der Waals surface area contributed by atoms with Crippen molar-refractivity contribution in [2.45, 2.75) is 13.8 Å². The first-order valence-corrected chi connectivity index (χ1v) is 13.0. The van der Waals surface area contributed by atoms with Crippen LogP contribution in [0.25, 0.3) is 22.0 Å². The van der Waals surface area contributed by atoms with Crippen molar-refractivity contribution in [3.05, 3.63) is 70.9 Å². The number of anilines is 4. The number of hydrogen-bond acceptors (Lipinski definition) is 8. The van der Waals surface area contributed by atoms with Gasteiger partial charge in [0.2, 0.25) is 6.41 Å². The molecule has 0 atom stereocenters. The number of ether oxygens (including phenoxy) is 2. The van der Waals surface area contributed by atoms with Crippen LogP contribution < -0.4 is 25.4 Å². The number of aromatic nitrogens is 2. The van der Waals surface area contributed by atoms with Gasteiger partial charge in [0.1, 0.15) is 23.1 Å². The summed E-state index contributed by atoms with van der Waals surface area (Å²) in [6.45, 7) is 7.35. The van der Waals surface area contributed by atoms with E-state index in [0.29, 0.717) is 46.5 Å². The monoisotopic (exact) mass is 583 g/mol. The molecule has 4 N–H and O–H groups in total. The van der Waals surface area contributed by atoms with Crippen molar-refractivity contribution >= 4 is 63.4 Å². The predicted octanol–water partition coefficient (Wildman–Crippen LogP) is 6.84. The summed E-state index contributed by atoms with van der Waals surface area (Å²) in [7, 11) is 3.01. The molecule has 0 aliphatic carbocycles. The van der Waals surface area contributed by atoms with Gasteiger partial charge in [0, 0.05) is 35.1 Å². The summed E-state index contributed by atoms with van der Waals surface area (Å²) < 4.78 is 10.8. The van der Waals surface area contributed by atoms with Crippen molar-refractivity contribution in [3.8, 4) is 22.8 Å². The van der Waals surface area contributed by atoms with Gasteiger partial charge in [-0.05, 0) is 37.6 Å². The molecule has 0 radical (unpaired) electrons. The minimum Gasteiger partial charge on any atom is -0.495 e. The minimum atomic E-state index is -0.0952. The second-order valence-corrected chi connectivity index (χ2v) is 9.13. The van der Waals surface area contributed by atoms with E-state index in [1.165, 1.54) is 14.2 Å². The number of aliphatic hydroxyl groups excluding tert-OH is 1. The van der Waals surface area contributed by atoms with E-state index in [2.05, 4.69) is 27.5 Å². The Morgan fingerprint density at radius 3 is 2.38 bits per heavy atom. The number of aliphatic hydroxyl groups is 1. The van der Waals surface area contributed by atoms with Crippen LogP contribution in [0.5, 0.6) is 11.5 Å². The highest BCUT2D eigenvalue weighted by Gasteiger charge is 2.21. The maximum atomic E-state index is 11.1. The second kappa shape index (κ2) is 14.4. The van der Waals surface area contributed by atoms with E-state index in [1.807, 2.05) is 38.1 Å². The second-order valence-electron chi connectivity index (χ2n) is 8.37. The molecule has 2 aromatic heterocycles. The quantitative estimate of drug-likeness (QED) is 0.118. The summed E-state index contributed by atoms with van der Waals surface area (Å²) in [5.41, 5.74) is 3.19. The molecule has 4 rings (SSSR count). The highest BCUT2D eigenvalue weighted by molar-refractivity contribution is 6.41. The fourth-order valence-electron chi connectivity index (χ4n) is 3.91. The molecule has 9 nitrogen and oxygen atoms in total. The van der Waals surface area contributed by atoms with Crippen molar-refractivity contribution in [3.63, 3.8) is 0 Å². The van der Waals surface area contributed by atoms with E-state index in [4.69, 9.17) is 37.7 Å². The smallest absolute Gasteiger partial charge is 0.211 e. The van der Waals surface area contributed by atoms with Crippen LogP contribution in [0.4, 0.5) is 23.0 Å². The van der Waals surface area contributed by atoms with E-state index in [0.717, 1.165) is 22.0 Å². The Balaban J connectivity index is 0.00000141. The van der Waals surface area contributed by atoms with E-state index >= 15 is 0 Å². The lowest BCUT2D eigenvalue weighted by molar-refractivity contribution is -0.105. The molecular formula is C29H31Cl2N5O4. The average Bonchev–Trinajstić information content (AvgIpc) is 2.94. The Kier molecular flexibility index (Phi) is 11.0. The van der Waals surface area contributed by atoms with Crippen LogP contribution in [0.15, 0.2) is 55.3 Å². The number of pyridine rings is 2. The highest BCUT2D eigenvalue weighted by atomic mass is 35.5. The summed E-state index contributed by atoms with van der Waals surface area (Å²) in [6, 6.07) is 10.8. The van der Waals surface area contributed by atoms with Gasteiger partial charge in [-0.2, -0.15) is 0 Å². The van der Waals surface area contributed by atoms with Gasteiger partial charge in [0.05, 0.1) is 47.9 Å². The number of carbonyl (C=O) groups excluding carboxylic acids is 1. The third-order valence-corrected chi connectivity index (χ3v) is 6.44. The number of methoxy groups -OCH3 is 2. The summed E-state index contributed by atoms with van der Waals surface area (Å²) in [4.78, 5) is 20.4. The number of rotatable bonds is 10. The number of hydrogen-bond donors (Lipinski definition) is 4. The number of amides is 1. The minimum absolute atomic E-state index is 0.0952. The van der Waals surface area contributed by atoms with Gasteiger partial charge >= 0.3 is 0 Å². The number of aryl methyl sites for hydroxylation is 1. The van der Waals surface area contributed by atoms with Crippen molar-refractivity contribution in [2.24, 2.45) is 0 Å². The van der Waals surface area contributed by atoms with Crippen LogP contribution in [0.2, 0.25) is 10.0 Å². The van der Waals surface area contributed by atoms with Crippen molar-refractivity contribution in [2.75, 3.05) is 43.3 Å². The fourth-order valence-corrected chi connectivity index (χ4v) is 4.60. The lowest BCUT2D eigenvalue weighted by Gasteiger charge is -2.17. The zero-order valence-corrected chi connectivity index (χ0v) is 24.2. The van der Waals surface area contributed by atoms with Gasteiger partial charge in [0.25, 0.3) is 0 Å². The van der Waals surface area contributed by atoms with Crippen LogP contribution in [0.1, 0.15) is 12.5 Å². The summed E-state index contributed by atoms with van der Waals surface area (Å²) in [6.07, 6.45) is 4.07. The topological polar surface area (TPSA) is 118 Å². The van der Waals surface area contributed by atoms with Gasteiger partial charge in [0.15, 0.2) is 0 Å². The zero-order chi connectivity index (χ0) is 29.2. The molecular weight excluding hydrogens is 553 g/mol. The standard InChI is InChI=1S/C26H25Cl2N5O4.C3H6/c1-14-5-4-6-17(31-13-35)25(14)33-21-10-16-15(12-30-21)9-18(32-26(16)29-7-8-34)22-23(27)19(36-2)11-20(37-3)24(22)28;1-3-2/h4-6,9-13,34H,7-8H2,1-3H3,(H,29,32)(H,30,33)(H,31,35);3H,1H2,2H3. The van der Waals surface area contributed by atoms with Gasteiger partial charge in [-0.1, -0.05) is 41.4 Å².